The van der Waals surface area contributed by atoms with Crippen molar-refractivity contribution in [2.24, 2.45) is 0 Å². The van der Waals surface area contributed by atoms with Crippen molar-refractivity contribution >= 4 is 0 Å². The number of halogens is 1. The summed E-state index contributed by atoms with van der Waals surface area (Å²) >= 11 is 0. The summed E-state index contributed by atoms with van der Waals surface area (Å²) in [6, 6.07) is 0. The minimum absolute atomic E-state index is 0.138. The highest BCUT2D eigenvalue weighted by Gasteiger charge is 1.86. The molecule has 0 heterocycles. The highest BCUT2D eigenvalue weighted by molar-refractivity contribution is 4.82. The van der Waals surface area contributed by atoms with Crippen molar-refractivity contribution in [3.63, 3.8) is 0 Å². The van der Waals surface area contributed by atoms with Crippen molar-refractivity contribution < 1.29 is 13.9 Å². The first-order valence-electron chi connectivity index (χ1n) is 3.06. The summed E-state index contributed by atoms with van der Waals surface area (Å²) in [6.07, 6.45) is 4.89. The third-order valence-corrected chi connectivity index (χ3v) is 0.779. The molecule has 0 radical (unpaired) electrons. The highest BCUT2D eigenvalue weighted by Crippen LogP contribution is 1.77. The summed E-state index contributed by atoms with van der Waals surface area (Å²) in [4.78, 5) is 0. The Balaban J connectivity index is 2.72. The summed E-state index contributed by atoms with van der Waals surface area (Å²) < 4.78 is 21.0. The van der Waals surface area contributed by atoms with Gasteiger partial charge in [-0.05, 0) is 0 Å². The minimum Gasteiger partial charge on any atom is -0.376 e. The molecule has 0 atom stereocenters. The quantitative estimate of drug-likeness (QED) is 0.403. The van der Waals surface area contributed by atoms with Gasteiger partial charge in [-0.15, -0.1) is 6.42 Å². The van der Waals surface area contributed by atoms with E-state index < -0.39 is 6.67 Å². The summed E-state index contributed by atoms with van der Waals surface area (Å²) in [5, 5.41) is 0. The number of terminal acetylenes is 1. The predicted molar refractivity (Wildman–Crippen MR) is 36.4 cm³/mol. The first-order chi connectivity index (χ1) is 4.91. The van der Waals surface area contributed by atoms with Crippen molar-refractivity contribution in [3.05, 3.63) is 0 Å². The van der Waals surface area contributed by atoms with Crippen molar-refractivity contribution in [2.45, 2.75) is 0 Å². The van der Waals surface area contributed by atoms with Crippen LogP contribution in [0.3, 0.4) is 0 Å². The van der Waals surface area contributed by atoms with Crippen molar-refractivity contribution in [1.29, 1.82) is 0 Å². The molecule has 0 amide bonds. The number of ether oxygens (including phenoxy) is 2. The van der Waals surface area contributed by atoms with Gasteiger partial charge in [-0.25, -0.2) is 4.39 Å². The topological polar surface area (TPSA) is 18.5 Å². The molecule has 0 fully saturated rings. The van der Waals surface area contributed by atoms with Gasteiger partial charge >= 0.3 is 0 Å². The van der Waals surface area contributed by atoms with E-state index >= 15 is 0 Å². The number of hydrogen-bond donors (Lipinski definition) is 0. The lowest BCUT2D eigenvalue weighted by molar-refractivity contribution is 0.0541. The zero-order valence-electron chi connectivity index (χ0n) is 5.81. The summed E-state index contributed by atoms with van der Waals surface area (Å²) in [7, 11) is 0. The van der Waals surface area contributed by atoms with Crippen LogP contribution in [0.2, 0.25) is 0 Å². The van der Waals surface area contributed by atoms with Gasteiger partial charge in [0.15, 0.2) is 0 Å². The van der Waals surface area contributed by atoms with Gasteiger partial charge in [-0.3, -0.25) is 0 Å². The van der Waals surface area contributed by atoms with Crippen LogP contribution in [0.15, 0.2) is 0 Å². The number of alkyl halides is 1. The SMILES string of the molecule is C#CCOCCOCC[18F]. The molecule has 0 aromatic heterocycles. The molecule has 0 aliphatic heterocycles. The molecule has 0 aliphatic rings. The molecule has 0 aromatic carbocycles. The molecule has 0 spiro atoms. The molecule has 0 rings (SSSR count). The zero-order valence-corrected chi connectivity index (χ0v) is 5.81. The monoisotopic (exact) mass is 145 g/mol. The van der Waals surface area contributed by atoms with E-state index in [1.165, 1.54) is 0 Å². The fourth-order valence-corrected chi connectivity index (χ4v) is 0.406. The zero-order chi connectivity index (χ0) is 7.66. The Bertz CT molecular complexity index is 98.3. The van der Waals surface area contributed by atoms with Gasteiger partial charge in [0.25, 0.3) is 0 Å². The second-order valence-electron chi connectivity index (χ2n) is 1.56. The van der Waals surface area contributed by atoms with Gasteiger partial charge in [0.05, 0.1) is 19.8 Å². The van der Waals surface area contributed by atoms with Gasteiger partial charge in [-0.1, -0.05) is 5.92 Å². The van der Waals surface area contributed by atoms with E-state index in [2.05, 4.69) is 5.92 Å². The molecular formula is C7H11FO2. The molecule has 58 valence electrons. The molecule has 2 nitrogen and oxygen atoms in total. The maximum atomic E-state index is 11.4. The fourth-order valence-electron chi connectivity index (χ4n) is 0.406. The second kappa shape index (κ2) is 8.41. The van der Waals surface area contributed by atoms with Crippen LogP contribution < -0.4 is 0 Å². The summed E-state index contributed by atoms with van der Waals surface area (Å²) in [5.41, 5.74) is 0. The van der Waals surface area contributed by atoms with Gasteiger partial charge in [0.1, 0.15) is 13.3 Å². The van der Waals surface area contributed by atoms with Gasteiger partial charge in [0.2, 0.25) is 0 Å². The van der Waals surface area contributed by atoms with Crippen LogP contribution in [0.25, 0.3) is 0 Å². The largest absolute Gasteiger partial charge is 0.376 e. The van der Waals surface area contributed by atoms with Crippen LogP contribution in [0, 0.1) is 12.3 Å². The highest BCUT2D eigenvalue weighted by atomic mass is 18.2. The van der Waals surface area contributed by atoms with Crippen LogP contribution in [0.1, 0.15) is 0 Å². The van der Waals surface area contributed by atoms with Gasteiger partial charge in [-0.2, -0.15) is 0 Å². The van der Waals surface area contributed by atoms with E-state index in [1.54, 1.807) is 0 Å². The van der Waals surface area contributed by atoms with Crippen molar-refractivity contribution in [2.75, 3.05) is 33.1 Å². The molecule has 0 N–H and O–H groups in total. The second-order valence-corrected chi connectivity index (χ2v) is 1.56. The van der Waals surface area contributed by atoms with E-state index in [-0.39, 0.29) is 6.61 Å². The Hall–Kier alpha value is -0.590. The smallest absolute Gasteiger partial charge is 0.113 e. The van der Waals surface area contributed by atoms with Crippen molar-refractivity contribution in [1.82, 2.24) is 0 Å². The van der Waals surface area contributed by atoms with Crippen molar-refractivity contribution in [3.8, 4) is 12.3 Å². The molecule has 3 heteroatoms. The van der Waals surface area contributed by atoms with E-state index in [4.69, 9.17) is 15.9 Å². The fraction of sp³-hybridized carbons (Fsp3) is 0.714. The minimum atomic E-state index is -0.449. The molecule has 0 aliphatic carbocycles. The van der Waals surface area contributed by atoms with Crippen LogP contribution in [-0.2, 0) is 9.47 Å². The number of rotatable bonds is 6. The van der Waals surface area contributed by atoms with E-state index in [0.717, 1.165) is 0 Å². The average molecular weight is 145 g/mol. The molecule has 0 saturated carbocycles. The van der Waals surface area contributed by atoms with Gasteiger partial charge in [0, 0.05) is 0 Å². The lowest BCUT2D eigenvalue weighted by Gasteiger charge is -1.99. The molecular weight excluding hydrogens is 134 g/mol. The molecule has 10 heavy (non-hydrogen) atoms. The van der Waals surface area contributed by atoms with E-state index in [0.29, 0.717) is 19.8 Å². The number of hydrogen-bond acceptors (Lipinski definition) is 2. The van der Waals surface area contributed by atoms with E-state index in [1.807, 2.05) is 0 Å². The molecule has 0 aromatic rings. The van der Waals surface area contributed by atoms with Crippen LogP contribution in [0.5, 0.6) is 0 Å². The molecule has 0 bridgehead atoms. The first-order valence-corrected chi connectivity index (χ1v) is 3.06. The molecule has 0 saturated heterocycles. The third kappa shape index (κ3) is 7.41. The van der Waals surface area contributed by atoms with Crippen LogP contribution >= 0.6 is 0 Å². The van der Waals surface area contributed by atoms with E-state index in [9.17, 15) is 4.39 Å². The predicted octanol–water partition coefficient (Wildman–Crippen LogP) is 0.622. The van der Waals surface area contributed by atoms with Crippen LogP contribution in [-0.4, -0.2) is 33.1 Å². The van der Waals surface area contributed by atoms with Gasteiger partial charge < -0.3 is 9.47 Å². The Morgan fingerprint density at radius 1 is 1.20 bits per heavy atom. The summed E-state index contributed by atoms with van der Waals surface area (Å²) in [6.45, 7) is 0.823. The Labute approximate surface area is 60.3 Å². The average Bonchev–Trinajstić information content (AvgIpc) is 1.97. The lowest BCUT2D eigenvalue weighted by Crippen LogP contribution is -2.05. The summed E-state index contributed by atoms with van der Waals surface area (Å²) in [5.74, 6) is 2.31. The Morgan fingerprint density at radius 2 is 1.90 bits per heavy atom. The maximum Gasteiger partial charge on any atom is 0.113 e. The van der Waals surface area contributed by atoms with Crippen LogP contribution in [0.4, 0.5) is 4.39 Å². The lowest BCUT2D eigenvalue weighted by atomic mass is 10.7. The third-order valence-electron chi connectivity index (χ3n) is 0.779. The Kier molecular flexibility index (Phi) is 7.91. The Morgan fingerprint density at radius 3 is 2.50 bits per heavy atom. The first kappa shape index (κ1) is 9.41. The molecule has 0 unspecified atom stereocenters. The normalized spacial score (nSPS) is 9.20. The standard InChI is InChI=1S/C7H11FO2/c1-2-4-9-6-7-10-5-3-8/h1H,3-7H2/i8-1. The maximum absolute atomic E-state index is 11.4.